The standard InChI is InChI=1S/C15H12FN3/c1-11-10-19(14-6-8-17-9-7-14)15(18-11)12-2-4-13(16)5-3-12/h2-10H,1H3. The number of pyridine rings is 1. The largest absolute Gasteiger partial charge is 0.299 e. The second-order valence-corrected chi connectivity index (χ2v) is 4.29. The van der Waals surface area contributed by atoms with E-state index in [0.29, 0.717) is 0 Å². The van der Waals surface area contributed by atoms with Crippen LogP contribution in [0.3, 0.4) is 0 Å². The van der Waals surface area contributed by atoms with Crippen LogP contribution in [0.15, 0.2) is 55.0 Å². The molecule has 0 radical (unpaired) electrons. The third-order valence-corrected chi connectivity index (χ3v) is 2.87. The van der Waals surface area contributed by atoms with Crippen molar-refractivity contribution < 1.29 is 4.39 Å². The monoisotopic (exact) mass is 253 g/mol. The lowest BCUT2D eigenvalue weighted by atomic mass is 10.2. The highest BCUT2D eigenvalue weighted by Gasteiger charge is 2.09. The van der Waals surface area contributed by atoms with Gasteiger partial charge in [-0.3, -0.25) is 9.55 Å². The Labute approximate surface area is 110 Å². The van der Waals surface area contributed by atoms with Crippen LogP contribution in [0.5, 0.6) is 0 Å². The third-order valence-electron chi connectivity index (χ3n) is 2.87. The Hall–Kier alpha value is -2.49. The van der Waals surface area contributed by atoms with E-state index in [4.69, 9.17) is 0 Å². The van der Waals surface area contributed by atoms with Crippen molar-refractivity contribution in [3.05, 3.63) is 66.5 Å². The van der Waals surface area contributed by atoms with Crippen LogP contribution in [0.1, 0.15) is 5.69 Å². The Kier molecular flexibility index (Phi) is 2.83. The van der Waals surface area contributed by atoms with Crippen LogP contribution in [-0.2, 0) is 0 Å². The molecule has 2 heterocycles. The summed E-state index contributed by atoms with van der Waals surface area (Å²) < 4.78 is 15.0. The first-order valence-corrected chi connectivity index (χ1v) is 5.96. The summed E-state index contributed by atoms with van der Waals surface area (Å²) in [4.78, 5) is 8.52. The van der Waals surface area contributed by atoms with Gasteiger partial charge in [-0.1, -0.05) is 0 Å². The van der Waals surface area contributed by atoms with Gasteiger partial charge in [-0.05, 0) is 43.3 Å². The zero-order valence-corrected chi connectivity index (χ0v) is 10.4. The molecule has 0 N–H and O–H groups in total. The number of hydrogen-bond acceptors (Lipinski definition) is 2. The summed E-state index contributed by atoms with van der Waals surface area (Å²) in [5.41, 5.74) is 2.78. The topological polar surface area (TPSA) is 30.7 Å². The lowest BCUT2D eigenvalue weighted by Gasteiger charge is -2.07. The highest BCUT2D eigenvalue weighted by atomic mass is 19.1. The highest BCUT2D eigenvalue weighted by Crippen LogP contribution is 2.22. The molecule has 0 aliphatic rings. The fraction of sp³-hybridized carbons (Fsp3) is 0.0667. The van der Waals surface area contributed by atoms with Gasteiger partial charge in [-0.25, -0.2) is 9.37 Å². The predicted molar refractivity (Wildman–Crippen MR) is 71.5 cm³/mol. The molecule has 0 fully saturated rings. The average molecular weight is 253 g/mol. The van der Waals surface area contributed by atoms with Gasteiger partial charge in [0.1, 0.15) is 11.6 Å². The molecule has 0 saturated carbocycles. The molecular weight excluding hydrogens is 241 g/mol. The van der Waals surface area contributed by atoms with Crippen LogP contribution in [0, 0.1) is 12.7 Å². The summed E-state index contributed by atoms with van der Waals surface area (Å²) in [5.74, 6) is 0.547. The Morgan fingerprint density at radius 3 is 2.37 bits per heavy atom. The quantitative estimate of drug-likeness (QED) is 0.701. The van der Waals surface area contributed by atoms with Crippen LogP contribution < -0.4 is 0 Å². The van der Waals surface area contributed by atoms with Crippen molar-refractivity contribution in [3.63, 3.8) is 0 Å². The van der Waals surface area contributed by atoms with E-state index in [1.54, 1.807) is 24.5 Å². The SMILES string of the molecule is Cc1cn(-c2ccncc2)c(-c2ccc(F)cc2)n1. The van der Waals surface area contributed by atoms with Crippen molar-refractivity contribution in [2.24, 2.45) is 0 Å². The van der Waals surface area contributed by atoms with E-state index in [-0.39, 0.29) is 5.82 Å². The maximum absolute atomic E-state index is 13.0. The van der Waals surface area contributed by atoms with Crippen LogP contribution in [0.25, 0.3) is 17.1 Å². The van der Waals surface area contributed by atoms with Crippen LogP contribution >= 0.6 is 0 Å². The van der Waals surface area contributed by atoms with Crippen molar-refractivity contribution in [3.8, 4) is 17.1 Å². The molecular formula is C15H12FN3. The maximum Gasteiger partial charge on any atom is 0.144 e. The lowest BCUT2D eigenvalue weighted by molar-refractivity contribution is 0.628. The Morgan fingerprint density at radius 2 is 1.68 bits per heavy atom. The molecule has 2 aromatic heterocycles. The minimum Gasteiger partial charge on any atom is -0.299 e. The molecule has 19 heavy (non-hydrogen) atoms. The van der Waals surface area contributed by atoms with Gasteiger partial charge < -0.3 is 0 Å². The minimum absolute atomic E-state index is 0.248. The second kappa shape index (κ2) is 4.65. The summed E-state index contributed by atoms with van der Waals surface area (Å²) in [5, 5.41) is 0. The van der Waals surface area contributed by atoms with E-state index in [1.807, 2.05) is 29.8 Å². The van der Waals surface area contributed by atoms with Gasteiger partial charge in [0.05, 0.1) is 11.4 Å². The smallest absolute Gasteiger partial charge is 0.144 e. The van der Waals surface area contributed by atoms with Crippen molar-refractivity contribution in [1.82, 2.24) is 14.5 Å². The van der Waals surface area contributed by atoms with Gasteiger partial charge in [0, 0.05) is 24.2 Å². The zero-order valence-electron chi connectivity index (χ0n) is 10.4. The number of rotatable bonds is 2. The molecule has 0 aliphatic heterocycles. The number of aryl methyl sites for hydroxylation is 1. The van der Waals surface area contributed by atoms with Gasteiger partial charge in [-0.15, -0.1) is 0 Å². The zero-order chi connectivity index (χ0) is 13.2. The van der Waals surface area contributed by atoms with E-state index in [1.165, 1.54) is 12.1 Å². The van der Waals surface area contributed by atoms with Gasteiger partial charge >= 0.3 is 0 Å². The fourth-order valence-corrected chi connectivity index (χ4v) is 2.00. The molecule has 0 unspecified atom stereocenters. The first-order valence-electron chi connectivity index (χ1n) is 5.96. The lowest BCUT2D eigenvalue weighted by Crippen LogP contribution is -1.96. The minimum atomic E-state index is -0.248. The number of hydrogen-bond donors (Lipinski definition) is 0. The van der Waals surface area contributed by atoms with E-state index in [2.05, 4.69) is 9.97 Å². The maximum atomic E-state index is 13.0. The van der Waals surface area contributed by atoms with Gasteiger partial charge in [0.25, 0.3) is 0 Å². The van der Waals surface area contributed by atoms with Gasteiger partial charge in [0.15, 0.2) is 0 Å². The molecule has 0 bridgehead atoms. The molecule has 3 aromatic rings. The molecule has 0 aliphatic carbocycles. The fourth-order valence-electron chi connectivity index (χ4n) is 2.00. The van der Waals surface area contributed by atoms with Gasteiger partial charge in [-0.2, -0.15) is 0 Å². The second-order valence-electron chi connectivity index (χ2n) is 4.29. The van der Waals surface area contributed by atoms with Crippen molar-refractivity contribution in [2.45, 2.75) is 6.92 Å². The summed E-state index contributed by atoms with van der Waals surface area (Å²) in [6.45, 7) is 1.94. The normalized spacial score (nSPS) is 10.6. The molecule has 3 nitrogen and oxygen atoms in total. The number of benzene rings is 1. The van der Waals surface area contributed by atoms with Crippen LogP contribution in [-0.4, -0.2) is 14.5 Å². The molecule has 0 spiro atoms. The Morgan fingerprint density at radius 1 is 1.00 bits per heavy atom. The average Bonchev–Trinajstić information content (AvgIpc) is 2.83. The summed E-state index contributed by atoms with van der Waals surface area (Å²) in [6, 6.07) is 10.2. The Balaban J connectivity index is 2.15. The highest BCUT2D eigenvalue weighted by molar-refractivity contribution is 5.59. The molecule has 1 aromatic carbocycles. The molecule has 94 valence electrons. The van der Waals surface area contributed by atoms with Crippen LogP contribution in [0.4, 0.5) is 4.39 Å². The van der Waals surface area contributed by atoms with Crippen molar-refractivity contribution in [1.29, 1.82) is 0 Å². The molecule has 4 heteroatoms. The third kappa shape index (κ3) is 2.25. The van der Waals surface area contributed by atoms with E-state index in [0.717, 1.165) is 22.8 Å². The summed E-state index contributed by atoms with van der Waals surface area (Å²) in [6.07, 6.45) is 5.42. The summed E-state index contributed by atoms with van der Waals surface area (Å²) >= 11 is 0. The summed E-state index contributed by atoms with van der Waals surface area (Å²) in [7, 11) is 0. The first-order chi connectivity index (χ1) is 9.24. The van der Waals surface area contributed by atoms with Gasteiger partial charge in [0.2, 0.25) is 0 Å². The van der Waals surface area contributed by atoms with E-state index in [9.17, 15) is 4.39 Å². The van der Waals surface area contributed by atoms with Crippen LogP contribution in [0.2, 0.25) is 0 Å². The number of halogens is 1. The Bertz CT molecular complexity index is 687. The number of imidazole rings is 1. The van der Waals surface area contributed by atoms with Crippen molar-refractivity contribution >= 4 is 0 Å². The number of aromatic nitrogens is 3. The molecule has 0 saturated heterocycles. The van der Waals surface area contributed by atoms with E-state index < -0.39 is 0 Å². The van der Waals surface area contributed by atoms with E-state index >= 15 is 0 Å². The molecule has 0 atom stereocenters. The first kappa shape index (κ1) is 11.6. The van der Waals surface area contributed by atoms with Crippen molar-refractivity contribution in [2.75, 3.05) is 0 Å². The molecule has 3 rings (SSSR count). The number of nitrogens with zero attached hydrogens (tertiary/aromatic N) is 3. The predicted octanol–water partition coefficient (Wildman–Crippen LogP) is 3.38. The molecule has 0 amide bonds.